The highest BCUT2D eigenvalue weighted by molar-refractivity contribution is 5.84. The molecule has 0 fully saturated rings. The number of hydrogen-bond donors (Lipinski definition) is 1. The second kappa shape index (κ2) is 5.74. The number of imidazole rings is 1. The van der Waals surface area contributed by atoms with Crippen LogP contribution < -0.4 is 0 Å². The second-order valence-electron chi connectivity index (χ2n) is 5.36. The predicted octanol–water partition coefficient (Wildman–Crippen LogP) is 3.96. The molecule has 2 aromatic carbocycles. The molecule has 1 N–H and O–H groups in total. The standard InChI is InChI=1S/C19H16N2O2/c22-11-10-21-17-9-8-15(18-7-4-12-23-18)13-16(17)20-19(21)14-5-2-1-3-6-14/h1-9,12-13,22H,10-11H2. The average molecular weight is 304 g/mol. The fourth-order valence-electron chi connectivity index (χ4n) is 2.86. The lowest BCUT2D eigenvalue weighted by molar-refractivity contribution is 0.278. The van der Waals surface area contributed by atoms with Gasteiger partial charge >= 0.3 is 0 Å². The third-order valence-corrected chi connectivity index (χ3v) is 3.91. The molecule has 0 saturated heterocycles. The first-order valence-corrected chi connectivity index (χ1v) is 7.57. The van der Waals surface area contributed by atoms with Gasteiger partial charge in [-0.3, -0.25) is 0 Å². The van der Waals surface area contributed by atoms with Crippen molar-refractivity contribution in [3.63, 3.8) is 0 Å². The van der Waals surface area contributed by atoms with Crippen LogP contribution in [-0.4, -0.2) is 21.3 Å². The summed E-state index contributed by atoms with van der Waals surface area (Å²) in [5.41, 5.74) is 3.94. The van der Waals surface area contributed by atoms with Crippen LogP contribution in [0.5, 0.6) is 0 Å². The highest BCUT2D eigenvalue weighted by atomic mass is 16.3. The Morgan fingerprint density at radius 1 is 0.957 bits per heavy atom. The van der Waals surface area contributed by atoms with E-state index in [1.54, 1.807) is 6.26 Å². The van der Waals surface area contributed by atoms with E-state index in [4.69, 9.17) is 9.40 Å². The zero-order valence-electron chi connectivity index (χ0n) is 12.5. The minimum absolute atomic E-state index is 0.0746. The molecule has 0 saturated carbocycles. The van der Waals surface area contributed by atoms with E-state index in [1.165, 1.54) is 0 Å². The van der Waals surface area contributed by atoms with Crippen LogP contribution in [0.3, 0.4) is 0 Å². The van der Waals surface area contributed by atoms with Crippen LogP contribution in [0.1, 0.15) is 0 Å². The molecule has 4 rings (SSSR count). The van der Waals surface area contributed by atoms with Gasteiger partial charge in [-0.15, -0.1) is 0 Å². The van der Waals surface area contributed by atoms with E-state index >= 15 is 0 Å². The fourth-order valence-corrected chi connectivity index (χ4v) is 2.86. The van der Waals surface area contributed by atoms with Crippen molar-refractivity contribution in [1.82, 2.24) is 9.55 Å². The molecule has 0 radical (unpaired) electrons. The summed E-state index contributed by atoms with van der Waals surface area (Å²) < 4.78 is 7.52. The summed E-state index contributed by atoms with van der Waals surface area (Å²) in [6.07, 6.45) is 1.67. The molecule has 4 aromatic rings. The van der Waals surface area contributed by atoms with Gasteiger partial charge in [-0.05, 0) is 30.3 Å². The molecule has 0 amide bonds. The topological polar surface area (TPSA) is 51.2 Å². The number of aromatic nitrogens is 2. The van der Waals surface area contributed by atoms with E-state index in [9.17, 15) is 5.11 Å². The smallest absolute Gasteiger partial charge is 0.141 e. The highest BCUT2D eigenvalue weighted by Crippen LogP contribution is 2.28. The Morgan fingerprint density at radius 3 is 2.57 bits per heavy atom. The first kappa shape index (κ1) is 13.8. The minimum Gasteiger partial charge on any atom is -0.464 e. The Balaban J connectivity index is 1.91. The summed E-state index contributed by atoms with van der Waals surface area (Å²) in [7, 11) is 0. The molecular formula is C19H16N2O2. The average Bonchev–Trinajstić information content (AvgIpc) is 3.24. The molecule has 2 aromatic heterocycles. The van der Waals surface area contributed by atoms with Crippen LogP contribution in [0.25, 0.3) is 33.7 Å². The van der Waals surface area contributed by atoms with Crippen LogP contribution in [-0.2, 0) is 6.54 Å². The van der Waals surface area contributed by atoms with Crippen LogP contribution in [0.15, 0.2) is 71.3 Å². The molecule has 0 aliphatic carbocycles. The summed E-state index contributed by atoms with van der Waals surface area (Å²) in [6, 6.07) is 19.9. The lowest BCUT2D eigenvalue weighted by Gasteiger charge is -2.07. The van der Waals surface area contributed by atoms with Crippen LogP contribution in [0, 0.1) is 0 Å². The van der Waals surface area contributed by atoms with Crippen molar-refractivity contribution in [1.29, 1.82) is 0 Å². The molecule has 4 nitrogen and oxygen atoms in total. The molecule has 0 aliphatic rings. The van der Waals surface area contributed by atoms with E-state index in [0.29, 0.717) is 6.54 Å². The number of furan rings is 1. The van der Waals surface area contributed by atoms with Crippen LogP contribution in [0.4, 0.5) is 0 Å². The predicted molar refractivity (Wildman–Crippen MR) is 90.0 cm³/mol. The van der Waals surface area contributed by atoms with Crippen molar-refractivity contribution >= 4 is 11.0 Å². The van der Waals surface area contributed by atoms with Crippen molar-refractivity contribution in [2.45, 2.75) is 6.54 Å². The quantitative estimate of drug-likeness (QED) is 0.621. The molecule has 0 aliphatic heterocycles. The Bertz CT molecular complexity index is 925. The Kier molecular flexibility index (Phi) is 3.44. The lowest BCUT2D eigenvalue weighted by Crippen LogP contribution is -2.04. The van der Waals surface area contributed by atoms with E-state index in [-0.39, 0.29) is 6.61 Å². The highest BCUT2D eigenvalue weighted by Gasteiger charge is 2.13. The van der Waals surface area contributed by atoms with Gasteiger partial charge < -0.3 is 14.1 Å². The molecule has 0 unspecified atom stereocenters. The van der Waals surface area contributed by atoms with E-state index in [0.717, 1.165) is 33.7 Å². The third kappa shape index (κ3) is 2.43. The van der Waals surface area contributed by atoms with E-state index < -0.39 is 0 Å². The minimum atomic E-state index is 0.0746. The van der Waals surface area contributed by atoms with Gasteiger partial charge in [0, 0.05) is 17.7 Å². The van der Waals surface area contributed by atoms with Crippen molar-refractivity contribution in [2.24, 2.45) is 0 Å². The summed E-state index contributed by atoms with van der Waals surface area (Å²) in [6.45, 7) is 0.589. The Hall–Kier alpha value is -2.85. The summed E-state index contributed by atoms with van der Waals surface area (Å²) in [5, 5.41) is 9.41. The normalized spacial score (nSPS) is 11.2. The molecule has 0 bridgehead atoms. The SMILES string of the molecule is OCCn1c(-c2ccccc2)nc2cc(-c3ccco3)ccc21. The maximum absolute atomic E-state index is 9.41. The van der Waals surface area contributed by atoms with Crippen molar-refractivity contribution < 1.29 is 9.52 Å². The number of rotatable bonds is 4. The van der Waals surface area contributed by atoms with Gasteiger partial charge in [0.25, 0.3) is 0 Å². The number of nitrogens with zero attached hydrogens (tertiary/aromatic N) is 2. The number of aliphatic hydroxyl groups excluding tert-OH is 1. The third-order valence-electron chi connectivity index (χ3n) is 3.91. The maximum Gasteiger partial charge on any atom is 0.141 e. The van der Waals surface area contributed by atoms with Crippen molar-refractivity contribution in [2.75, 3.05) is 6.61 Å². The van der Waals surface area contributed by atoms with E-state index in [2.05, 4.69) is 4.57 Å². The van der Waals surface area contributed by atoms with Gasteiger partial charge in [0.1, 0.15) is 11.6 Å². The van der Waals surface area contributed by atoms with E-state index in [1.807, 2.05) is 60.7 Å². The number of fused-ring (bicyclic) bond motifs is 1. The van der Waals surface area contributed by atoms with Gasteiger partial charge in [-0.1, -0.05) is 30.3 Å². The largest absolute Gasteiger partial charge is 0.464 e. The zero-order valence-corrected chi connectivity index (χ0v) is 12.5. The molecule has 23 heavy (non-hydrogen) atoms. The van der Waals surface area contributed by atoms with Crippen LogP contribution >= 0.6 is 0 Å². The summed E-state index contributed by atoms with van der Waals surface area (Å²) in [4.78, 5) is 4.78. The number of aliphatic hydroxyl groups is 1. The number of benzene rings is 2. The Labute approximate surface area is 133 Å². The molecule has 0 atom stereocenters. The molecule has 2 heterocycles. The maximum atomic E-state index is 9.41. The summed E-state index contributed by atoms with van der Waals surface area (Å²) in [5.74, 6) is 1.69. The molecule has 0 spiro atoms. The molecular weight excluding hydrogens is 288 g/mol. The number of hydrogen-bond acceptors (Lipinski definition) is 3. The zero-order chi connectivity index (χ0) is 15.6. The van der Waals surface area contributed by atoms with Gasteiger partial charge in [0.2, 0.25) is 0 Å². The summed E-state index contributed by atoms with van der Waals surface area (Å²) >= 11 is 0. The lowest BCUT2D eigenvalue weighted by atomic mass is 10.1. The van der Waals surface area contributed by atoms with Gasteiger partial charge in [-0.2, -0.15) is 0 Å². The van der Waals surface area contributed by atoms with Gasteiger partial charge in [0.05, 0.1) is 23.9 Å². The molecule has 114 valence electrons. The van der Waals surface area contributed by atoms with Crippen LogP contribution in [0.2, 0.25) is 0 Å². The van der Waals surface area contributed by atoms with Gasteiger partial charge in [0.15, 0.2) is 0 Å². The van der Waals surface area contributed by atoms with Crippen molar-refractivity contribution in [3.8, 4) is 22.7 Å². The van der Waals surface area contributed by atoms with Crippen molar-refractivity contribution in [3.05, 3.63) is 66.9 Å². The fraction of sp³-hybridized carbons (Fsp3) is 0.105. The molecule has 4 heteroatoms. The second-order valence-corrected chi connectivity index (χ2v) is 5.36. The Morgan fingerprint density at radius 2 is 1.83 bits per heavy atom. The monoisotopic (exact) mass is 304 g/mol. The van der Waals surface area contributed by atoms with Gasteiger partial charge in [-0.25, -0.2) is 4.98 Å². The first-order chi connectivity index (χ1) is 11.4. The first-order valence-electron chi connectivity index (χ1n) is 7.57.